The number of carbonyl (C=O) groups is 1. The number of esters is 1. The first-order valence-corrected chi connectivity index (χ1v) is 8.78. The molecule has 4 rings (SSSR count). The molecule has 1 fully saturated rings. The van der Waals surface area contributed by atoms with Crippen molar-refractivity contribution in [3.63, 3.8) is 0 Å². The molecule has 2 heterocycles. The van der Waals surface area contributed by atoms with Gasteiger partial charge in [-0.05, 0) is 30.3 Å². The van der Waals surface area contributed by atoms with Crippen molar-refractivity contribution in [2.75, 3.05) is 24.6 Å². The molecule has 0 amide bonds. The lowest BCUT2D eigenvalue weighted by molar-refractivity contribution is -0.152. The number of benzene rings is 2. The third kappa shape index (κ3) is 3.45. The van der Waals surface area contributed by atoms with Gasteiger partial charge in [0.05, 0.1) is 23.3 Å². The number of carbonyl (C=O) groups excluding carboxylic acids is 1. The zero-order valence-electron chi connectivity index (χ0n) is 13.5. The number of rotatable bonds is 5. The molecule has 0 atom stereocenters. The number of thiazole rings is 1. The molecule has 0 N–H and O–H groups in total. The Hall–Kier alpha value is -2.74. The van der Waals surface area contributed by atoms with Gasteiger partial charge in [0.1, 0.15) is 11.9 Å². The zero-order valence-corrected chi connectivity index (χ0v) is 14.3. The summed E-state index contributed by atoms with van der Waals surface area (Å²) in [5.41, 5.74) is 0.741. The van der Waals surface area contributed by atoms with Crippen molar-refractivity contribution in [1.29, 1.82) is 0 Å². The minimum absolute atomic E-state index is 0.0152. The number of hydrogen-bond acceptors (Lipinski definition) is 6. The number of ether oxygens (including phenoxy) is 2. The zero-order chi connectivity index (χ0) is 18.1. The van der Waals surface area contributed by atoms with Gasteiger partial charge >= 0.3 is 5.97 Å². The van der Waals surface area contributed by atoms with E-state index in [0.29, 0.717) is 13.1 Å². The molecule has 0 saturated carbocycles. The van der Waals surface area contributed by atoms with E-state index in [9.17, 15) is 13.6 Å². The summed E-state index contributed by atoms with van der Waals surface area (Å²) < 4.78 is 37.8. The summed E-state index contributed by atoms with van der Waals surface area (Å²) >= 11 is 1.39. The summed E-state index contributed by atoms with van der Waals surface area (Å²) in [7, 11) is 0. The molecule has 0 unspecified atom stereocenters. The predicted octanol–water partition coefficient (Wildman–Crippen LogP) is 3.39. The van der Waals surface area contributed by atoms with Gasteiger partial charge in [-0.1, -0.05) is 23.5 Å². The van der Waals surface area contributed by atoms with Crippen molar-refractivity contribution >= 4 is 32.7 Å². The van der Waals surface area contributed by atoms with Crippen LogP contribution >= 0.6 is 11.3 Å². The van der Waals surface area contributed by atoms with Crippen molar-refractivity contribution in [2.24, 2.45) is 0 Å². The van der Waals surface area contributed by atoms with Crippen LogP contribution in [0.5, 0.6) is 5.75 Å². The van der Waals surface area contributed by atoms with Crippen molar-refractivity contribution in [3.8, 4) is 5.75 Å². The fourth-order valence-corrected chi connectivity index (χ4v) is 3.62. The lowest BCUT2D eigenvalue weighted by Crippen LogP contribution is -2.53. The van der Waals surface area contributed by atoms with Crippen molar-refractivity contribution < 1.29 is 23.0 Å². The summed E-state index contributed by atoms with van der Waals surface area (Å²) in [6.45, 7) is 0.666. The molecule has 1 aromatic heterocycles. The van der Waals surface area contributed by atoms with Gasteiger partial charge in [-0.3, -0.25) is 0 Å². The highest BCUT2D eigenvalue weighted by molar-refractivity contribution is 7.22. The SMILES string of the molecule is O=C(COc1ccccc1F)OC1CN(c2nc3ccc(F)cc3s2)C1. The van der Waals surface area contributed by atoms with Gasteiger partial charge in [0.25, 0.3) is 0 Å². The fourth-order valence-electron chi connectivity index (χ4n) is 2.61. The third-order valence-corrected chi connectivity index (χ3v) is 5.02. The van der Waals surface area contributed by atoms with Crippen LogP contribution in [0.25, 0.3) is 10.2 Å². The highest BCUT2D eigenvalue weighted by atomic mass is 32.1. The van der Waals surface area contributed by atoms with Crippen LogP contribution in [0, 0.1) is 11.6 Å². The maximum atomic E-state index is 13.4. The highest BCUT2D eigenvalue weighted by Crippen LogP contribution is 2.32. The fraction of sp³-hybridized carbons (Fsp3) is 0.222. The Morgan fingerprint density at radius 3 is 2.85 bits per heavy atom. The quantitative estimate of drug-likeness (QED) is 0.639. The molecule has 2 aromatic carbocycles. The molecule has 0 spiro atoms. The number of aromatic nitrogens is 1. The van der Waals surface area contributed by atoms with E-state index in [2.05, 4.69) is 4.98 Å². The molecule has 1 saturated heterocycles. The summed E-state index contributed by atoms with van der Waals surface area (Å²) in [4.78, 5) is 18.2. The monoisotopic (exact) mass is 376 g/mol. The molecule has 3 aromatic rings. The Balaban J connectivity index is 1.27. The van der Waals surface area contributed by atoms with Crippen molar-refractivity contribution in [3.05, 3.63) is 54.1 Å². The van der Waals surface area contributed by atoms with E-state index >= 15 is 0 Å². The lowest BCUT2D eigenvalue weighted by atomic mass is 10.2. The molecule has 134 valence electrons. The van der Waals surface area contributed by atoms with Crippen LogP contribution in [0.4, 0.5) is 13.9 Å². The van der Waals surface area contributed by atoms with E-state index in [4.69, 9.17) is 9.47 Å². The van der Waals surface area contributed by atoms with Crippen LogP contribution in [0.2, 0.25) is 0 Å². The van der Waals surface area contributed by atoms with E-state index in [0.717, 1.165) is 15.3 Å². The maximum Gasteiger partial charge on any atom is 0.344 e. The normalized spacial score (nSPS) is 14.3. The Morgan fingerprint density at radius 1 is 1.23 bits per heavy atom. The second-order valence-corrected chi connectivity index (χ2v) is 6.85. The van der Waals surface area contributed by atoms with Gasteiger partial charge in [0, 0.05) is 0 Å². The van der Waals surface area contributed by atoms with Crippen LogP contribution in [-0.2, 0) is 9.53 Å². The van der Waals surface area contributed by atoms with E-state index in [1.165, 1.54) is 35.6 Å². The number of fused-ring (bicyclic) bond motifs is 1. The maximum absolute atomic E-state index is 13.4. The molecule has 8 heteroatoms. The molecule has 1 aliphatic heterocycles. The number of nitrogens with zero attached hydrogens (tertiary/aromatic N) is 2. The summed E-state index contributed by atoms with van der Waals surface area (Å²) in [6.07, 6.45) is -0.268. The Bertz CT molecular complexity index is 957. The van der Waals surface area contributed by atoms with Crippen LogP contribution in [0.3, 0.4) is 0 Å². The second kappa shape index (κ2) is 6.87. The van der Waals surface area contributed by atoms with Gasteiger partial charge in [-0.2, -0.15) is 0 Å². The third-order valence-electron chi connectivity index (χ3n) is 3.94. The summed E-state index contributed by atoms with van der Waals surface area (Å²) in [5.74, 6) is -1.36. The highest BCUT2D eigenvalue weighted by Gasteiger charge is 2.32. The van der Waals surface area contributed by atoms with Crippen LogP contribution in [-0.4, -0.2) is 36.8 Å². The average molecular weight is 376 g/mol. The molecule has 0 radical (unpaired) electrons. The average Bonchev–Trinajstić information content (AvgIpc) is 2.99. The first kappa shape index (κ1) is 16.7. The van der Waals surface area contributed by atoms with Crippen molar-refractivity contribution in [1.82, 2.24) is 4.98 Å². The van der Waals surface area contributed by atoms with Crippen molar-refractivity contribution in [2.45, 2.75) is 6.10 Å². The largest absolute Gasteiger partial charge is 0.479 e. The molecule has 5 nitrogen and oxygen atoms in total. The molecular formula is C18H14F2N2O3S. The molecule has 0 bridgehead atoms. The smallest absolute Gasteiger partial charge is 0.344 e. The van der Waals surface area contributed by atoms with E-state index in [1.807, 2.05) is 4.90 Å². The Morgan fingerprint density at radius 2 is 2.04 bits per heavy atom. The van der Waals surface area contributed by atoms with E-state index in [-0.39, 0.29) is 24.3 Å². The van der Waals surface area contributed by atoms with Gasteiger partial charge < -0.3 is 14.4 Å². The molecule has 0 aliphatic carbocycles. The lowest BCUT2D eigenvalue weighted by Gasteiger charge is -2.38. The predicted molar refractivity (Wildman–Crippen MR) is 93.6 cm³/mol. The first-order valence-electron chi connectivity index (χ1n) is 7.96. The van der Waals surface area contributed by atoms with Gasteiger partial charge in [0.15, 0.2) is 23.3 Å². The number of anilines is 1. The minimum atomic E-state index is -0.552. The van der Waals surface area contributed by atoms with Crippen LogP contribution in [0.1, 0.15) is 0 Å². The Kier molecular flexibility index (Phi) is 4.42. The first-order chi connectivity index (χ1) is 12.6. The second-order valence-electron chi connectivity index (χ2n) is 5.84. The standard InChI is InChI=1S/C18H14F2N2O3S/c19-11-5-6-14-16(7-11)26-18(21-14)22-8-12(9-22)25-17(23)10-24-15-4-2-1-3-13(15)20/h1-7,12H,8-10H2. The molecule has 26 heavy (non-hydrogen) atoms. The van der Waals surface area contributed by atoms with Gasteiger partial charge in [-0.25, -0.2) is 18.6 Å². The number of hydrogen-bond donors (Lipinski definition) is 0. The number of halogens is 2. The minimum Gasteiger partial charge on any atom is -0.479 e. The van der Waals surface area contributed by atoms with Gasteiger partial charge in [0.2, 0.25) is 0 Å². The topological polar surface area (TPSA) is 51.7 Å². The molecule has 1 aliphatic rings. The van der Waals surface area contributed by atoms with Crippen LogP contribution in [0.15, 0.2) is 42.5 Å². The van der Waals surface area contributed by atoms with Crippen LogP contribution < -0.4 is 9.64 Å². The Labute approximate surface area is 151 Å². The van der Waals surface area contributed by atoms with E-state index < -0.39 is 11.8 Å². The summed E-state index contributed by atoms with van der Waals surface area (Å²) in [6, 6.07) is 10.3. The number of para-hydroxylation sites is 1. The van der Waals surface area contributed by atoms with E-state index in [1.54, 1.807) is 18.2 Å². The summed E-state index contributed by atoms with van der Waals surface area (Å²) in [5, 5.41) is 0.764. The van der Waals surface area contributed by atoms with Gasteiger partial charge in [-0.15, -0.1) is 0 Å². The molecular weight excluding hydrogens is 362 g/mol.